The van der Waals surface area contributed by atoms with Gasteiger partial charge in [-0.25, -0.2) is 0 Å². The van der Waals surface area contributed by atoms with Crippen molar-refractivity contribution in [2.24, 2.45) is 0 Å². The Balaban J connectivity index is 2.17. The van der Waals surface area contributed by atoms with Crippen LogP contribution in [0.15, 0.2) is 30.3 Å². The summed E-state index contributed by atoms with van der Waals surface area (Å²) < 4.78 is 37.4. The molecular formula is C15H19F3N2O. The Morgan fingerprint density at radius 2 is 1.90 bits per heavy atom. The first-order valence-electron chi connectivity index (χ1n) is 7.10. The summed E-state index contributed by atoms with van der Waals surface area (Å²) in [6, 6.07) is 8.71. The molecule has 0 aliphatic carbocycles. The predicted molar refractivity (Wildman–Crippen MR) is 73.4 cm³/mol. The lowest BCUT2D eigenvalue weighted by atomic mass is 10.1. The number of halogens is 3. The molecule has 1 aromatic rings. The molecule has 1 N–H and O–H groups in total. The minimum absolute atomic E-state index is 0.241. The van der Waals surface area contributed by atoms with Crippen LogP contribution in [0.2, 0.25) is 0 Å². The lowest BCUT2D eigenvalue weighted by Crippen LogP contribution is -2.34. The van der Waals surface area contributed by atoms with E-state index in [0.29, 0.717) is 6.42 Å². The van der Waals surface area contributed by atoms with E-state index >= 15 is 0 Å². The third-order valence-electron chi connectivity index (χ3n) is 3.58. The van der Waals surface area contributed by atoms with Crippen LogP contribution < -0.4 is 5.32 Å². The van der Waals surface area contributed by atoms with E-state index in [1.807, 2.05) is 37.3 Å². The molecule has 1 saturated heterocycles. The van der Waals surface area contributed by atoms with Gasteiger partial charge in [0.15, 0.2) is 0 Å². The molecule has 1 aliphatic heterocycles. The Labute approximate surface area is 122 Å². The van der Waals surface area contributed by atoms with Gasteiger partial charge in [-0.2, -0.15) is 13.2 Å². The summed E-state index contributed by atoms with van der Waals surface area (Å²) in [6.07, 6.45) is -4.28. The summed E-state index contributed by atoms with van der Waals surface area (Å²) in [5.74, 6) is -0.241. The minimum Gasteiger partial charge on any atom is -0.321 e. The minimum atomic E-state index is -4.26. The van der Waals surface area contributed by atoms with Gasteiger partial charge in [-0.05, 0) is 12.0 Å². The molecule has 1 aliphatic rings. The fourth-order valence-corrected chi connectivity index (χ4v) is 2.57. The molecule has 0 aromatic heterocycles. The Hall–Kier alpha value is -1.56. The number of rotatable bonds is 5. The number of benzene rings is 1. The lowest BCUT2D eigenvalue weighted by Gasteiger charge is -2.25. The highest BCUT2D eigenvalue weighted by Gasteiger charge is 2.40. The van der Waals surface area contributed by atoms with Crippen molar-refractivity contribution < 1.29 is 18.0 Å². The first-order chi connectivity index (χ1) is 9.92. The molecule has 2 rings (SSSR count). The maximum atomic E-state index is 12.5. The Bertz CT molecular complexity index is 476. The highest BCUT2D eigenvalue weighted by atomic mass is 19.4. The van der Waals surface area contributed by atoms with Crippen LogP contribution in [0.5, 0.6) is 0 Å². The maximum absolute atomic E-state index is 12.5. The van der Waals surface area contributed by atoms with Gasteiger partial charge < -0.3 is 4.90 Å². The zero-order valence-corrected chi connectivity index (χ0v) is 11.9. The summed E-state index contributed by atoms with van der Waals surface area (Å²) in [4.78, 5) is 13.6. The normalized spacial score (nSPS) is 22.9. The number of hydrogen-bond donors (Lipinski definition) is 1. The van der Waals surface area contributed by atoms with Gasteiger partial charge >= 0.3 is 6.18 Å². The first kappa shape index (κ1) is 15.8. The van der Waals surface area contributed by atoms with Crippen LogP contribution in [0.3, 0.4) is 0 Å². The molecule has 0 saturated carbocycles. The molecule has 1 amide bonds. The monoisotopic (exact) mass is 300 g/mol. The number of alkyl halides is 3. The summed E-state index contributed by atoms with van der Waals surface area (Å²) >= 11 is 0. The molecule has 0 spiro atoms. The van der Waals surface area contributed by atoms with Gasteiger partial charge in [-0.3, -0.25) is 10.1 Å². The van der Waals surface area contributed by atoms with Crippen molar-refractivity contribution in [3.05, 3.63) is 35.9 Å². The molecule has 2 unspecified atom stereocenters. The number of carbonyl (C=O) groups is 1. The molecular weight excluding hydrogens is 281 g/mol. The Morgan fingerprint density at radius 1 is 1.24 bits per heavy atom. The van der Waals surface area contributed by atoms with Gasteiger partial charge in [0.1, 0.15) is 6.17 Å². The maximum Gasteiger partial charge on any atom is 0.390 e. The number of nitrogens with one attached hydrogen (secondary N) is 1. The molecule has 0 bridgehead atoms. The van der Waals surface area contributed by atoms with Crippen molar-refractivity contribution in [3.8, 4) is 0 Å². The van der Waals surface area contributed by atoms with Crippen LogP contribution in [-0.4, -0.2) is 29.6 Å². The Morgan fingerprint density at radius 3 is 2.48 bits per heavy atom. The SMILES string of the molecule is CCCC1NC(c2ccccc2)N(CCC(F)(F)F)C1=O. The van der Waals surface area contributed by atoms with Gasteiger partial charge in [-0.1, -0.05) is 43.7 Å². The van der Waals surface area contributed by atoms with Gasteiger partial charge in [-0.15, -0.1) is 0 Å². The molecule has 6 heteroatoms. The van der Waals surface area contributed by atoms with E-state index in [1.165, 1.54) is 4.90 Å². The average Bonchev–Trinajstić information content (AvgIpc) is 2.74. The van der Waals surface area contributed by atoms with Gasteiger partial charge in [0, 0.05) is 6.54 Å². The third kappa shape index (κ3) is 3.97. The van der Waals surface area contributed by atoms with E-state index in [0.717, 1.165) is 12.0 Å². The number of amides is 1. The van der Waals surface area contributed by atoms with Crippen LogP contribution >= 0.6 is 0 Å². The van der Waals surface area contributed by atoms with Gasteiger partial charge in [0.05, 0.1) is 12.5 Å². The summed E-state index contributed by atoms with van der Waals surface area (Å²) in [5, 5.41) is 3.15. The fraction of sp³-hybridized carbons (Fsp3) is 0.533. The fourth-order valence-electron chi connectivity index (χ4n) is 2.57. The van der Waals surface area contributed by atoms with Crippen LogP contribution in [0.25, 0.3) is 0 Å². The zero-order valence-electron chi connectivity index (χ0n) is 11.9. The number of nitrogens with zero attached hydrogens (tertiary/aromatic N) is 1. The van der Waals surface area contributed by atoms with Crippen LogP contribution in [-0.2, 0) is 4.79 Å². The average molecular weight is 300 g/mol. The van der Waals surface area contributed by atoms with Crippen LogP contribution in [0, 0.1) is 0 Å². The molecule has 2 atom stereocenters. The van der Waals surface area contributed by atoms with Crippen molar-refractivity contribution in [1.29, 1.82) is 0 Å². The molecule has 1 heterocycles. The molecule has 1 fully saturated rings. The van der Waals surface area contributed by atoms with E-state index < -0.39 is 24.8 Å². The quantitative estimate of drug-likeness (QED) is 0.905. The number of carbonyl (C=O) groups excluding carboxylic acids is 1. The van der Waals surface area contributed by atoms with Crippen molar-refractivity contribution in [3.63, 3.8) is 0 Å². The van der Waals surface area contributed by atoms with E-state index in [-0.39, 0.29) is 12.5 Å². The van der Waals surface area contributed by atoms with Gasteiger partial charge in [0.2, 0.25) is 5.91 Å². The first-order valence-corrected chi connectivity index (χ1v) is 7.10. The second-order valence-electron chi connectivity index (χ2n) is 5.22. The second kappa shape index (κ2) is 6.47. The smallest absolute Gasteiger partial charge is 0.321 e. The van der Waals surface area contributed by atoms with Crippen LogP contribution in [0.4, 0.5) is 13.2 Å². The topological polar surface area (TPSA) is 32.3 Å². The van der Waals surface area contributed by atoms with Crippen molar-refractivity contribution in [2.45, 2.75) is 44.6 Å². The van der Waals surface area contributed by atoms with Crippen molar-refractivity contribution >= 4 is 5.91 Å². The molecule has 1 aromatic carbocycles. The van der Waals surface area contributed by atoms with E-state index in [1.54, 1.807) is 0 Å². The van der Waals surface area contributed by atoms with Gasteiger partial charge in [0.25, 0.3) is 0 Å². The lowest BCUT2D eigenvalue weighted by molar-refractivity contribution is -0.145. The number of hydrogen-bond acceptors (Lipinski definition) is 2. The predicted octanol–water partition coefficient (Wildman–Crippen LogP) is 3.24. The van der Waals surface area contributed by atoms with E-state index in [2.05, 4.69) is 5.32 Å². The summed E-state index contributed by atoms with van der Waals surface area (Å²) in [6.45, 7) is 1.64. The Kier molecular flexibility index (Phi) is 4.88. The zero-order chi connectivity index (χ0) is 15.5. The summed E-state index contributed by atoms with van der Waals surface area (Å²) in [5.41, 5.74) is 0.812. The molecule has 21 heavy (non-hydrogen) atoms. The summed E-state index contributed by atoms with van der Waals surface area (Å²) in [7, 11) is 0. The van der Waals surface area contributed by atoms with E-state index in [4.69, 9.17) is 0 Å². The molecule has 3 nitrogen and oxygen atoms in total. The molecule has 0 radical (unpaired) electrons. The largest absolute Gasteiger partial charge is 0.390 e. The highest BCUT2D eigenvalue weighted by molar-refractivity contribution is 5.84. The van der Waals surface area contributed by atoms with Crippen molar-refractivity contribution in [1.82, 2.24) is 10.2 Å². The second-order valence-corrected chi connectivity index (χ2v) is 5.22. The van der Waals surface area contributed by atoms with E-state index in [9.17, 15) is 18.0 Å². The molecule has 116 valence electrons. The highest BCUT2D eigenvalue weighted by Crippen LogP contribution is 2.29. The third-order valence-corrected chi connectivity index (χ3v) is 3.58. The standard InChI is InChI=1S/C15H19F3N2O/c1-2-6-12-14(21)20(10-9-15(16,17)18)13(19-12)11-7-4-3-5-8-11/h3-5,7-8,12-13,19H,2,6,9-10H2,1H3. The van der Waals surface area contributed by atoms with Crippen LogP contribution in [0.1, 0.15) is 37.9 Å². The van der Waals surface area contributed by atoms with Crippen molar-refractivity contribution in [2.75, 3.05) is 6.54 Å².